The summed E-state index contributed by atoms with van der Waals surface area (Å²) in [5, 5.41) is 0.861. The Balaban J connectivity index is 3.51. The molecule has 0 N–H and O–H groups in total. The molecule has 0 aliphatic carbocycles. The SMILES string of the molecule is CC(C)(C)c1cccc([Si]F)c1C(C)(C)C. The molecule has 1 aromatic rings. The zero-order chi connectivity index (χ0) is 12.6. The first-order valence-electron chi connectivity index (χ1n) is 5.68. The third-order valence-electron chi connectivity index (χ3n) is 2.72. The van der Waals surface area contributed by atoms with Crippen molar-refractivity contribution in [2.75, 3.05) is 0 Å². The zero-order valence-corrected chi connectivity index (χ0v) is 12.1. The van der Waals surface area contributed by atoms with Crippen molar-refractivity contribution in [3.63, 3.8) is 0 Å². The molecule has 0 aliphatic heterocycles. The van der Waals surface area contributed by atoms with Crippen LogP contribution in [0.2, 0.25) is 0 Å². The summed E-state index contributed by atoms with van der Waals surface area (Å²) in [5.41, 5.74) is 2.52. The van der Waals surface area contributed by atoms with Crippen molar-refractivity contribution in [1.82, 2.24) is 0 Å². The highest BCUT2D eigenvalue weighted by molar-refractivity contribution is 6.47. The Morgan fingerprint density at radius 1 is 0.938 bits per heavy atom. The van der Waals surface area contributed by atoms with Crippen molar-refractivity contribution < 1.29 is 4.11 Å². The van der Waals surface area contributed by atoms with Gasteiger partial charge in [0, 0.05) is 0 Å². The van der Waals surface area contributed by atoms with Crippen LogP contribution in [0.15, 0.2) is 18.2 Å². The van der Waals surface area contributed by atoms with Gasteiger partial charge in [-0.25, -0.2) is 0 Å². The van der Waals surface area contributed by atoms with E-state index in [1.165, 1.54) is 11.1 Å². The van der Waals surface area contributed by atoms with E-state index in [-0.39, 0.29) is 10.8 Å². The van der Waals surface area contributed by atoms with E-state index in [1.807, 2.05) is 12.1 Å². The monoisotopic (exact) mass is 236 g/mol. The van der Waals surface area contributed by atoms with Gasteiger partial charge in [-0.2, -0.15) is 0 Å². The quantitative estimate of drug-likeness (QED) is 0.517. The summed E-state index contributed by atoms with van der Waals surface area (Å²) in [5.74, 6) is 0. The molecule has 0 aliphatic rings. The molecule has 0 amide bonds. The first kappa shape index (κ1) is 13.4. The van der Waals surface area contributed by atoms with E-state index in [0.29, 0.717) is 0 Å². The van der Waals surface area contributed by atoms with E-state index in [9.17, 15) is 4.11 Å². The number of rotatable bonds is 1. The molecule has 2 radical (unpaired) electrons. The molecule has 0 saturated carbocycles. The normalized spacial score (nSPS) is 12.9. The predicted octanol–water partition coefficient (Wildman–Crippen LogP) is 3.50. The molecule has 0 saturated heterocycles. The maximum absolute atomic E-state index is 13.1. The van der Waals surface area contributed by atoms with Gasteiger partial charge in [-0.1, -0.05) is 59.7 Å². The fourth-order valence-electron chi connectivity index (χ4n) is 2.06. The minimum absolute atomic E-state index is 0.00169. The minimum atomic E-state index is -0.622. The van der Waals surface area contributed by atoms with Crippen molar-refractivity contribution in [1.29, 1.82) is 0 Å². The Morgan fingerprint density at radius 3 is 1.88 bits per heavy atom. The van der Waals surface area contributed by atoms with E-state index in [0.717, 1.165) is 5.19 Å². The van der Waals surface area contributed by atoms with Crippen LogP contribution >= 0.6 is 0 Å². The van der Waals surface area contributed by atoms with E-state index < -0.39 is 9.85 Å². The van der Waals surface area contributed by atoms with Gasteiger partial charge in [0.05, 0.1) is 0 Å². The topological polar surface area (TPSA) is 0 Å². The smallest absolute Gasteiger partial charge is 0.308 e. The summed E-state index contributed by atoms with van der Waals surface area (Å²) < 4.78 is 13.1. The fourth-order valence-corrected chi connectivity index (χ4v) is 2.83. The van der Waals surface area contributed by atoms with Crippen LogP contribution in [0.5, 0.6) is 0 Å². The van der Waals surface area contributed by atoms with E-state index >= 15 is 0 Å². The van der Waals surface area contributed by atoms with E-state index in [1.54, 1.807) is 0 Å². The Kier molecular flexibility index (Phi) is 3.63. The summed E-state index contributed by atoms with van der Waals surface area (Å²) in [6.45, 7) is 13.0. The Labute approximate surface area is 101 Å². The molecule has 2 heteroatoms. The van der Waals surface area contributed by atoms with Gasteiger partial charge in [0.1, 0.15) is 0 Å². The van der Waals surface area contributed by atoms with Crippen LogP contribution in [0.3, 0.4) is 0 Å². The molecule has 0 spiro atoms. The second-order valence-corrected chi connectivity index (χ2v) is 7.05. The van der Waals surface area contributed by atoms with Crippen LogP contribution in [0.4, 0.5) is 4.11 Å². The molecule has 0 heterocycles. The highest BCUT2D eigenvalue weighted by Gasteiger charge is 2.27. The lowest BCUT2D eigenvalue weighted by Crippen LogP contribution is -2.31. The third-order valence-corrected chi connectivity index (χ3v) is 3.34. The van der Waals surface area contributed by atoms with E-state index in [4.69, 9.17) is 0 Å². The van der Waals surface area contributed by atoms with Crippen molar-refractivity contribution in [2.24, 2.45) is 0 Å². The van der Waals surface area contributed by atoms with Crippen LogP contribution in [0.1, 0.15) is 52.7 Å². The van der Waals surface area contributed by atoms with Gasteiger partial charge in [0.25, 0.3) is 0 Å². The molecule has 16 heavy (non-hydrogen) atoms. The lowest BCUT2D eigenvalue weighted by molar-refractivity contribution is 0.533. The first-order chi connectivity index (χ1) is 7.18. The number of halogens is 1. The van der Waals surface area contributed by atoms with Gasteiger partial charge in [-0.05, 0) is 27.1 Å². The number of hydrogen-bond acceptors (Lipinski definition) is 0. The maximum Gasteiger partial charge on any atom is 0.333 e. The van der Waals surface area contributed by atoms with Gasteiger partial charge < -0.3 is 4.11 Å². The highest BCUT2D eigenvalue weighted by atomic mass is 28.3. The summed E-state index contributed by atoms with van der Waals surface area (Å²) in [7, 11) is -0.622. The standard InChI is InChI=1S/C14H21FSi/c1-13(2,3)10-8-7-9-11(16-15)12(10)14(4,5)6/h7-9H,1-6H3. The number of benzene rings is 1. The molecule has 1 rings (SSSR count). The van der Waals surface area contributed by atoms with Crippen LogP contribution in [-0.4, -0.2) is 9.85 Å². The molecule has 0 nitrogen and oxygen atoms in total. The Morgan fingerprint density at radius 2 is 1.50 bits per heavy atom. The largest absolute Gasteiger partial charge is 0.333 e. The zero-order valence-electron chi connectivity index (χ0n) is 11.1. The van der Waals surface area contributed by atoms with Crippen LogP contribution in [-0.2, 0) is 10.8 Å². The van der Waals surface area contributed by atoms with Crippen LogP contribution in [0.25, 0.3) is 0 Å². The van der Waals surface area contributed by atoms with Gasteiger partial charge in [-0.3, -0.25) is 0 Å². The molecule has 0 fully saturated rings. The van der Waals surface area contributed by atoms with Crippen molar-refractivity contribution in [3.05, 3.63) is 29.3 Å². The Bertz CT molecular complexity index is 369. The molecular weight excluding hydrogens is 215 g/mol. The molecule has 0 unspecified atom stereocenters. The van der Waals surface area contributed by atoms with Gasteiger partial charge in [0.15, 0.2) is 0 Å². The summed E-state index contributed by atoms with van der Waals surface area (Å²) in [4.78, 5) is 0. The molecule has 0 bridgehead atoms. The van der Waals surface area contributed by atoms with Crippen molar-refractivity contribution in [2.45, 2.75) is 52.4 Å². The second kappa shape index (κ2) is 4.32. The molecule has 0 atom stereocenters. The van der Waals surface area contributed by atoms with Crippen LogP contribution in [0, 0.1) is 0 Å². The Hall–Kier alpha value is -0.633. The van der Waals surface area contributed by atoms with Gasteiger partial charge in [-0.15, -0.1) is 0 Å². The third kappa shape index (κ3) is 2.73. The second-order valence-electron chi connectivity index (χ2n) is 6.32. The molecule has 0 aromatic heterocycles. The lowest BCUT2D eigenvalue weighted by atomic mass is 9.75. The molecule has 88 valence electrons. The van der Waals surface area contributed by atoms with Crippen LogP contribution < -0.4 is 5.19 Å². The average molecular weight is 236 g/mol. The molecule has 1 aromatic carbocycles. The van der Waals surface area contributed by atoms with Crippen molar-refractivity contribution >= 4 is 15.0 Å². The maximum atomic E-state index is 13.1. The highest BCUT2D eigenvalue weighted by Crippen LogP contribution is 2.32. The summed E-state index contributed by atoms with van der Waals surface area (Å²) in [6, 6.07) is 6.01. The first-order valence-corrected chi connectivity index (χ1v) is 6.56. The van der Waals surface area contributed by atoms with Gasteiger partial charge in [0.2, 0.25) is 0 Å². The van der Waals surface area contributed by atoms with Gasteiger partial charge >= 0.3 is 9.85 Å². The van der Waals surface area contributed by atoms with Crippen molar-refractivity contribution in [3.8, 4) is 0 Å². The summed E-state index contributed by atoms with van der Waals surface area (Å²) >= 11 is 0. The number of hydrogen-bond donors (Lipinski definition) is 0. The van der Waals surface area contributed by atoms with E-state index in [2.05, 4.69) is 47.6 Å². The molecular formula is C14H21FSi. The average Bonchev–Trinajstić information content (AvgIpc) is 2.13. The fraction of sp³-hybridized carbons (Fsp3) is 0.571. The lowest BCUT2D eigenvalue weighted by Gasteiger charge is -2.31. The minimum Gasteiger partial charge on any atom is -0.308 e. The predicted molar refractivity (Wildman–Crippen MR) is 70.3 cm³/mol. The summed E-state index contributed by atoms with van der Waals surface area (Å²) in [6.07, 6.45) is 0.